The van der Waals surface area contributed by atoms with Crippen molar-refractivity contribution in [2.45, 2.75) is 20.3 Å². The molecule has 72 valence electrons. The van der Waals surface area contributed by atoms with Crippen LogP contribution in [0.5, 0.6) is 0 Å². The van der Waals surface area contributed by atoms with Crippen LogP contribution in [0.3, 0.4) is 0 Å². The lowest BCUT2D eigenvalue weighted by Crippen LogP contribution is -1.97. The van der Waals surface area contributed by atoms with Gasteiger partial charge in [0.15, 0.2) is 0 Å². The molecule has 2 N–H and O–H groups in total. The maximum atomic E-state index is 5.91. The molecule has 0 fully saturated rings. The van der Waals surface area contributed by atoms with Gasteiger partial charge in [0.1, 0.15) is 0 Å². The van der Waals surface area contributed by atoms with Crippen LogP contribution >= 0.6 is 47.8 Å². The normalized spacial score (nSPS) is 10.5. The minimum absolute atomic E-state index is 0.776. The highest BCUT2D eigenvalue weighted by atomic mass is 79.9. The molecule has 0 amide bonds. The first kappa shape index (κ1) is 11.5. The van der Waals surface area contributed by atoms with Gasteiger partial charge in [0.2, 0.25) is 0 Å². The smallest absolute Gasteiger partial charge is 0.0609 e. The number of rotatable bonds is 1. The lowest BCUT2D eigenvalue weighted by atomic mass is 10.1. The molecule has 0 unspecified atom stereocenters. The molecule has 13 heavy (non-hydrogen) atoms. The predicted molar refractivity (Wildman–Crippen MR) is 68.1 cm³/mol. The first-order valence-corrected chi connectivity index (χ1v) is 6.30. The van der Waals surface area contributed by atoms with E-state index in [1.54, 1.807) is 0 Å². The van der Waals surface area contributed by atoms with Crippen LogP contribution in [0.1, 0.15) is 18.1 Å². The van der Waals surface area contributed by atoms with Crippen molar-refractivity contribution in [3.63, 3.8) is 0 Å². The summed E-state index contributed by atoms with van der Waals surface area (Å²) in [6.45, 7) is 4.15. The molecule has 0 aliphatic heterocycles. The van der Waals surface area contributed by atoms with E-state index in [4.69, 9.17) is 5.73 Å². The number of hydrogen-bond donors (Lipinski definition) is 1. The van der Waals surface area contributed by atoms with E-state index in [2.05, 4.69) is 54.7 Å². The molecule has 0 radical (unpaired) electrons. The lowest BCUT2D eigenvalue weighted by molar-refractivity contribution is 1.10. The van der Waals surface area contributed by atoms with Gasteiger partial charge in [-0.25, -0.2) is 0 Å². The van der Waals surface area contributed by atoms with Crippen LogP contribution in [0.2, 0.25) is 0 Å². The van der Waals surface area contributed by atoms with Crippen LogP contribution in [0.15, 0.2) is 13.4 Å². The third-order valence-electron chi connectivity index (χ3n) is 2.01. The molecule has 0 saturated heterocycles. The van der Waals surface area contributed by atoms with E-state index in [0.29, 0.717) is 0 Å². The Morgan fingerprint density at radius 3 is 2.08 bits per heavy atom. The first-order chi connectivity index (χ1) is 6.00. The SMILES string of the molecule is CCc1c(Br)c(C)c(Br)c(N)c1Br. The van der Waals surface area contributed by atoms with Crippen molar-refractivity contribution in [2.75, 3.05) is 5.73 Å². The van der Waals surface area contributed by atoms with Gasteiger partial charge in [-0.15, -0.1) is 0 Å². The maximum Gasteiger partial charge on any atom is 0.0609 e. The average molecular weight is 372 g/mol. The van der Waals surface area contributed by atoms with Crippen molar-refractivity contribution in [3.8, 4) is 0 Å². The summed E-state index contributed by atoms with van der Waals surface area (Å²) in [6.07, 6.45) is 0.958. The van der Waals surface area contributed by atoms with E-state index >= 15 is 0 Å². The molecule has 0 atom stereocenters. The summed E-state index contributed by atoms with van der Waals surface area (Å²) in [5, 5.41) is 0. The molecule has 0 aliphatic carbocycles. The van der Waals surface area contributed by atoms with Crippen LogP contribution in [-0.4, -0.2) is 0 Å². The van der Waals surface area contributed by atoms with Gasteiger partial charge in [-0.3, -0.25) is 0 Å². The summed E-state index contributed by atoms with van der Waals surface area (Å²) >= 11 is 10.5. The zero-order valence-electron chi connectivity index (χ0n) is 7.42. The Hall–Kier alpha value is 0.460. The number of nitrogen functional groups attached to an aromatic ring is 1. The Morgan fingerprint density at radius 2 is 1.62 bits per heavy atom. The summed E-state index contributed by atoms with van der Waals surface area (Å²) in [6, 6.07) is 0. The zero-order chi connectivity index (χ0) is 10.2. The van der Waals surface area contributed by atoms with Crippen molar-refractivity contribution in [1.82, 2.24) is 0 Å². The topological polar surface area (TPSA) is 26.0 Å². The quantitative estimate of drug-likeness (QED) is 0.726. The largest absolute Gasteiger partial charge is 0.397 e. The van der Waals surface area contributed by atoms with Gasteiger partial charge in [0, 0.05) is 13.4 Å². The van der Waals surface area contributed by atoms with Crippen LogP contribution in [0, 0.1) is 6.92 Å². The molecule has 0 spiro atoms. The van der Waals surface area contributed by atoms with Crippen molar-refractivity contribution in [3.05, 3.63) is 24.5 Å². The van der Waals surface area contributed by atoms with Gasteiger partial charge < -0.3 is 5.73 Å². The minimum Gasteiger partial charge on any atom is -0.397 e. The summed E-state index contributed by atoms with van der Waals surface area (Å²) in [7, 11) is 0. The Labute approximate surface area is 103 Å². The molecule has 4 heteroatoms. The Kier molecular flexibility index (Phi) is 3.83. The molecule has 1 aromatic carbocycles. The summed E-state index contributed by atoms with van der Waals surface area (Å²) in [4.78, 5) is 0. The molecule has 0 bridgehead atoms. The highest BCUT2D eigenvalue weighted by Crippen LogP contribution is 2.40. The van der Waals surface area contributed by atoms with E-state index in [0.717, 1.165) is 31.1 Å². The highest BCUT2D eigenvalue weighted by Gasteiger charge is 2.14. The standard InChI is InChI=1S/C9H10Br3N/c1-3-5-6(10)4(2)7(11)9(13)8(5)12/h3,13H2,1-2H3. The summed E-state index contributed by atoms with van der Waals surface area (Å²) < 4.78 is 3.07. The van der Waals surface area contributed by atoms with Crippen molar-refractivity contribution in [2.24, 2.45) is 0 Å². The van der Waals surface area contributed by atoms with Gasteiger partial charge in [-0.1, -0.05) is 22.9 Å². The number of halogens is 3. The van der Waals surface area contributed by atoms with E-state index in [9.17, 15) is 0 Å². The first-order valence-electron chi connectivity index (χ1n) is 3.92. The highest BCUT2D eigenvalue weighted by molar-refractivity contribution is 9.11. The van der Waals surface area contributed by atoms with Gasteiger partial charge in [0.25, 0.3) is 0 Å². The Bertz CT molecular complexity index is 318. The second-order valence-electron chi connectivity index (χ2n) is 2.81. The fourth-order valence-corrected chi connectivity index (χ4v) is 3.74. The van der Waals surface area contributed by atoms with Gasteiger partial charge >= 0.3 is 0 Å². The lowest BCUT2D eigenvalue weighted by Gasteiger charge is -2.13. The monoisotopic (exact) mass is 369 g/mol. The van der Waals surface area contributed by atoms with E-state index in [1.807, 2.05) is 6.92 Å². The fourth-order valence-electron chi connectivity index (χ4n) is 1.19. The summed E-state index contributed by atoms with van der Waals surface area (Å²) in [5.41, 5.74) is 9.06. The number of hydrogen-bond acceptors (Lipinski definition) is 1. The summed E-state index contributed by atoms with van der Waals surface area (Å²) in [5.74, 6) is 0. The van der Waals surface area contributed by atoms with Gasteiger partial charge in [0.05, 0.1) is 5.69 Å². The van der Waals surface area contributed by atoms with Crippen LogP contribution in [0.25, 0.3) is 0 Å². The molecule has 0 aromatic heterocycles. The van der Waals surface area contributed by atoms with Crippen LogP contribution < -0.4 is 5.73 Å². The number of benzene rings is 1. The molecule has 0 saturated carbocycles. The molecule has 0 heterocycles. The van der Waals surface area contributed by atoms with Crippen LogP contribution in [0.4, 0.5) is 5.69 Å². The molecule has 1 nitrogen and oxygen atoms in total. The Morgan fingerprint density at radius 1 is 1.08 bits per heavy atom. The third-order valence-corrected chi connectivity index (χ3v) is 5.02. The number of anilines is 1. The molecule has 1 aromatic rings. The molecule has 1 rings (SSSR count). The predicted octanol–water partition coefficient (Wildman–Crippen LogP) is 4.43. The average Bonchev–Trinajstić information content (AvgIpc) is 2.13. The van der Waals surface area contributed by atoms with E-state index in [-0.39, 0.29) is 0 Å². The van der Waals surface area contributed by atoms with E-state index in [1.165, 1.54) is 5.56 Å². The molecular weight excluding hydrogens is 362 g/mol. The van der Waals surface area contributed by atoms with Gasteiger partial charge in [-0.05, 0) is 56.3 Å². The van der Waals surface area contributed by atoms with Crippen molar-refractivity contribution >= 4 is 53.5 Å². The van der Waals surface area contributed by atoms with E-state index < -0.39 is 0 Å². The van der Waals surface area contributed by atoms with Crippen molar-refractivity contribution in [1.29, 1.82) is 0 Å². The van der Waals surface area contributed by atoms with Gasteiger partial charge in [-0.2, -0.15) is 0 Å². The maximum absolute atomic E-state index is 5.91. The number of nitrogens with two attached hydrogens (primary N) is 1. The van der Waals surface area contributed by atoms with Crippen molar-refractivity contribution < 1.29 is 0 Å². The molecule has 0 aliphatic rings. The zero-order valence-corrected chi connectivity index (χ0v) is 12.2. The second-order valence-corrected chi connectivity index (χ2v) is 5.19. The Balaban J connectivity index is 3.56. The minimum atomic E-state index is 0.776. The molecular formula is C9H10Br3N. The third kappa shape index (κ3) is 1.95. The fraction of sp³-hybridized carbons (Fsp3) is 0.333. The second kappa shape index (κ2) is 4.32. The van der Waals surface area contributed by atoms with Crippen LogP contribution in [-0.2, 0) is 6.42 Å².